The average Bonchev–Trinajstić information content (AvgIpc) is 2.69. The van der Waals surface area contributed by atoms with Crippen molar-refractivity contribution in [3.63, 3.8) is 0 Å². The molecule has 1 saturated heterocycles. The van der Waals surface area contributed by atoms with E-state index in [9.17, 15) is 4.79 Å². The summed E-state index contributed by atoms with van der Waals surface area (Å²) in [4.78, 5) is 14.7. The van der Waals surface area contributed by atoms with E-state index in [0.717, 1.165) is 48.9 Å². The van der Waals surface area contributed by atoms with Crippen LogP contribution < -0.4 is 15.0 Å². The average molecular weight is 354 g/mol. The third-order valence-electron chi connectivity index (χ3n) is 4.67. The molecule has 1 fully saturated rings. The van der Waals surface area contributed by atoms with Crippen LogP contribution in [0.3, 0.4) is 0 Å². The number of carbonyl (C=O) groups is 1. The molecule has 0 spiro atoms. The highest BCUT2D eigenvalue weighted by Gasteiger charge is 2.13. The van der Waals surface area contributed by atoms with Crippen LogP contribution >= 0.6 is 0 Å². The number of rotatable bonds is 6. The molecule has 0 unspecified atom stereocenters. The number of nitrogens with one attached hydrogen (secondary N) is 1. The van der Waals surface area contributed by atoms with Gasteiger partial charge in [-0.05, 0) is 48.7 Å². The molecular weight excluding hydrogens is 328 g/mol. The molecule has 138 valence electrons. The van der Waals surface area contributed by atoms with Gasteiger partial charge < -0.3 is 19.7 Å². The molecule has 1 amide bonds. The molecule has 5 nitrogen and oxygen atoms in total. The van der Waals surface area contributed by atoms with Crippen LogP contribution in [0.4, 0.5) is 11.4 Å². The van der Waals surface area contributed by atoms with Gasteiger partial charge in [0.25, 0.3) is 0 Å². The van der Waals surface area contributed by atoms with Gasteiger partial charge in [-0.25, -0.2) is 0 Å². The molecule has 1 heterocycles. The number of methoxy groups -OCH3 is 1. The Hall–Kier alpha value is -2.53. The highest BCUT2D eigenvalue weighted by molar-refractivity contribution is 5.92. The van der Waals surface area contributed by atoms with Gasteiger partial charge in [0, 0.05) is 30.9 Å². The third kappa shape index (κ3) is 4.55. The second-order valence-corrected chi connectivity index (χ2v) is 6.46. The molecule has 26 heavy (non-hydrogen) atoms. The van der Waals surface area contributed by atoms with Crippen molar-refractivity contribution in [2.45, 2.75) is 19.8 Å². The number of para-hydroxylation sites is 1. The predicted molar refractivity (Wildman–Crippen MR) is 104 cm³/mol. The molecule has 0 aliphatic carbocycles. The van der Waals surface area contributed by atoms with Crippen LogP contribution in [0.2, 0.25) is 0 Å². The van der Waals surface area contributed by atoms with E-state index in [1.165, 1.54) is 5.69 Å². The lowest BCUT2D eigenvalue weighted by atomic mass is 10.1. The first-order valence-electron chi connectivity index (χ1n) is 9.02. The van der Waals surface area contributed by atoms with Gasteiger partial charge in [-0.2, -0.15) is 0 Å². The molecular formula is C21H26N2O3. The quantitative estimate of drug-likeness (QED) is 0.864. The fraction of sp³-hybridized carbons (Fsp3) is 0.381. The molecule has 2 aromatic rings. The highest BCUT2D eigenvalue weighted by Crippen LogP contribution is 2.24. The first-order valence-corrected chi connectivity index (χ1v) is 9.02. The number of hydrogen-bond donors (Lipinski definition) is 1. The Labute approximate surface area is 154 Å². The van der Waals surface area contributed by atoms with Crippen LogP contribution in [0, 0.1) is 6.92 Å². The van der Waals surface area contributed by atoms with Crippen molar-refractivity contribution < 1.29 is 14.3 Å². The number of morpholine rings is 1. The summed E-state index contributed by atoms with van der Waals surface area (Å²) in [5, 5.41) is 3.03. The van der Waals surface area contributed by atoms with Gasteiger partial charge in [0.15, 0.2) is 0 Å². The lowest BCUT2D eigenvalue weighted by Gasteiger charge is -2.29. The fourth-order valence-corrected chi connectivity index (χ4v) is 3.18. The van der Waals surface area contributed by atoms with Crippen molar-refractivity contribution in [3.05, 3.63) is 53.6 Å². The van der Waals surface area contributed by atoms with Gasteiger partial charge in [-0.3, -0.25) is 4.79 Å². The standard InChI is InChI=1S/C21H26N2O3/c1-16-15-18(23-11-13-26-14-12-23)8-9-19(16)22-21(24)10-7-17-5-3-4-6-20(17)25-2/h3-6,8-9,15H,7,10-14H2,1-2H3,(H,22,24). The summed E-state index contributed by atoms with van der Waals surface area (Å²) in [5.74, 6) is 0.837. The van der Waals surface area contributed by atoms with Crippen LogP contribution in [-0.4, -0.2) is 39.3 Å². The summed E-state index contributed by atoms with van der Waals surface area (Å²) in [6, 6.07) is 14.0. The zero-order chi connectivity index (χ0) is 18.4. The summed E-state index contributed by atoms with van der Waals surface area (Å²) >= 11 is 0. The zero-order valence-corrected chi connectivity index (χ0v) is 15.5. The maximum absolute atomic E-state index is 12.3. The third-order valence-corrected chi connectivity index (χ3v) is 4.67. The molecule has 0 bridgehead atoms. The van der Waals surface area contributed by atoms with Crippen LogP contribution in [0.15, 0.2) is 42.5 Å². The summed E-state index contributed by atoms with van der Waals surface area (Å²) < 4.78 is 10.7. The van der Waals surface area contributed by atoms with Gasteiger partial charge in [-0.1, -0.05) is 18.2 Å². The van der Waals surface area contributed by atoms with E-state index in [2.05, 4.69) is 22.3 Å². The van der Waals surface area contributed by atoms with Gasteiger partial charge >= 0.3 is 0 Å². The largest absolute Gasteiger partial charge is 0.496 e. The van der Waals surface area contributed by atoms with Crippen molar-refractivity contribution in [2.75, 3.05) is 43.6 Å². The number of hydrogen-bond acceptors (Lipinski definition) is 4. The number of anilines is 2. The number of benzene rings is 2. The minimum absolute atomic E-state index is 0.0122. The SMILES string of the molecule is COc1ccccc1CCC(=O)Nc1ccc(N2CCOCC2)cc1C. The van der Waals surface area contributed by atoms with Crippen molar-refractivity contribution in [1.82, 2.24) is 0 Å². The van der Waals surface area contributed by atoms with Gasteiger partial charge in [0.05, 0.1) is 20.3 Å². The van der Waals surface area contributed by atoms with E-state index >= 15 is 0 Å². The molecule has 3 rings (SSSR count). The van der Waals surface area contributed by atoms with E-state index < -0.39 is 0 Å². The van der Waals surface area contributed by atoms with Crippen LogP contribution in [0.1, 0.15) is 17.5 Å². The number of amides is 1. The maximum atomic E-state index is 12.3. The summed E-state index contributed by atoms with van der Waals surface area (Å²) in [7, 11) is 1.65. The van der Waals surface area contributed by atoms with Crippen LogP contribution in [0.25, 0.3) is 0 Å². The molecule has 1 aliphatic heterocycles. The van der Waals surface area contributed by atoms with E-state index in [1.807, 2.05) is 37.3 Å². The first-order chi connectivity index (χ1) is 12.7. The van der Waals surface area contributed by atoms with E-state index in [0.29, 0.717) is 12.8 Å². The van der Waals surface area contributed by atoms with E-state index in [4.69, 9.17) is 9.47 Å². The fourth-order valence-electron chi connectivity index (χ4n) is 3.18. The number of ether oxygens (including phenoxy) is 2. The highest BCUT2D eigenvalue weighted by atomic mass is 16.5. The second-order valence-electron chi connectivity index (χ2n) is 6.46. The molecule has 5 heteroatoms. The van der Waals surface area contributed by atoms with Crippen molar-refractivity contribution >= 4 is 17.3 Å². The second kappa shape index (κ2) is 8.72. The molecule has 0 aromatic heterocycles. The van der Waals surface area contributed by atoms with Gasteiger partial charge in [0.2, 0.25) is 5.91 Å². The predicted octanol–water partition coefficient (Wildman–Crippen LogP) is 3.41. The molecule has 1 aliphatic rings. The Morgan fingerprint density at radius 1 is 1.19 bits per heavy atom. The summed E-state index contributed by atoms with van der Waals surface area (Å²) in [5.41, 5.74) is 4.16. The molecule has 1 N–H and O–H groups in total. The Morgan fingerprint density at radius 2 is 1.96 bits per heavy atom. The first kappa shape index (κ1) is 18.3. The summed E-state index contributed by atoms with van der Waals surface area (Å²) in [6.45, 7) is 5.37. The molecule has 0 atom stereocenters. The smallest absolute Gasteiger partial charge is 0.224 e. The number of nitrogens with zero attached hydrogens (tertiary/aromatic N) is 1. The Balaban J connectivity index is 1.58. The Bertz CT molecular complexity index is 755. The maximum Gasteiger partial charge on any atom is 0.224 e. The van der Waals surface area contributed by atoms with Gasteiger partial charge in [0.1, 0.15) is 5.75 Å². The lowest BCUT2D eigenvalue weighted by Crippen LogP contribution is -2.36. The Morgan fingerprint density at radius 3 is 2.69 bits per heavy atom. The van der Waals surface area contributed by atoms with Crippen LogP contribution in [-0.2, 0) is 16.0 Å². The van der Waals surface area contributed by atoms with Crippen molar-refractivity contribution in [3.8, 4) is 5.75 Å². The number of carbonyl (C=O) groups excluding carboxylic acids is 1. The molecule has 0 saturated carbocycles. The zero-order valence-electron chi connectivity index (χ0n) is 15.5. The normalized spacial score (nSPS) is 14.2. The monoisotopic (exact) mass is 354 g/mol. The Kier molecular flexibility index (Phi) is 6.12. The van der Waals surface area contributed by atoms with E-state index in [-0.39, 0.29) is 5.91 Å². The van der Waals surface area contributed by atoms with Gasteiger partial charge in [-0.15, -0.1) is 0 Å². The topological polar surface area (TPSA) is 50.8 Å². The molecule has 2 aromatic carbocycles. The van der Waals surface area contributed by atoms with E-state index in [1.54, 1.807) is 7.11 Å². The minimum atomic E-state index is 0.0122. The van der Waals surface area contributed by atoms with Crippen LogP contribution in [0.5, 0.6) is 5.75 Å². The minimum Gasteiger partial charge on any atom is -0.496 e. The number of aryl methyl sites for hydroxylation is 2. The lowest BCUT2D eigenvalue weighted by molar-refractivity contribution is -0.116. The summed E-state index contributed by atoms with van der Waals surface area (Å²) in [6.07, 6.45) is 1.08. The van der Waals surface area contributed by atoms with Crippen molar-refractivity contribution in [2.24, 2.45) is 0 Å². The molecule has 0 radical (unpaired) electrons. The van der Waals surface area contributed by atoms with Crippen molar-refractivity contribution in [1.29, 1.82) is 0 Å².